The molecule has 0 atom stereocenters. The SMILES string of the molecule is Cc1cc(C(=O)O)ccc1-n1c(C)cc(/C=C2/SC(=S)N(CC(=O)O)C2=O)c1C. The van der Waals surface area contributed by atoms with Crippen LogP contribution in [0, 0.1) is 20.8 Å². The first kappa shape index (κ1) is 20.8. The Hall–Kier alpha value is -2.91. The van der Waals surface area contributed by atoms with E-state index in [4.69, 9.17) is 22.4 Å². The van der Waals surface area contributed by atoms with Crippen LogP contribution in [0.2, 0.25) is 0 Å². The number of amides is 1. The summed E-state index contributed by atoms with van der Waals surface area (Å²) in [6.07, 6.45) is 1.71. The van der Waals surface area contributed by atoms with Crippen molar-refractivity contribution in [1.82, 2.24) is 9.47 Å². The Kier molecular flexibility index (Phi) is 5.63. The Morgan fingerprint density at radius 2 is 1.86 bits per heavy atom. The number of carbonyl (C=O) groups excluding carboxylic acids is 1. The fraction of sp³-hybridized carbons (Fsp3) is 0.200. The lowest BCUT2D eigenvalue weighted by Crippen LogP contribution is -2.33. The molecule has 3 rings (SSSR count). The maximum Gasteiger partial charge on any atom is 0.335 e. The Bertz CT molecular complexity index is 1100. The number of carboxylic acids is 2. The van der Waals surface area contributed by atoms with Gasteiger partial charge in [0.05, 0.1) is 10.5 Å². The Balaban J connectivity index is 2.00. The van der Waals surface area contributed by atoms with Gasteiger partial charge in [-0.25, -0.2) is 4.79 Å². The molecule has 0 aliphatic carbocycles. The Morgan fingerprint density at radius 3 is 2.45 bits per heavy atom. The number of carbonyl (C=O) groups is 3. The van der Waals surface area contributed by atoms with Crippen LogP contribution in [0.1, 0.15) is 32.9 Å². The van der Waals surface area contributed by atoms with Gasteiger partial charge in [-0.1, -0.05) is 24.0 Å². The third-order valence-electron chi connectivity index (χ3n) is 4.61. The highest BCUT2D eigenvalue weighted by Gasteiger charge is 2.33. The molecule has 2 aromatic rings. The smallest absolute Gasteiger partial charge is 0.335 e. The average Bonchev–Trinajstić information content (AvgIpc) is 3.05. The second-order valence-corrected chi connectivity index (χ2v) is 8.31. The van der Waals surface area contributed by atoms with Gasteiger partial charge in [0.2, 0.25) is 0 Å². The van der Waals surface area contributed by atoms with Crippen LogP contribution in [0.25, 0.3) is 11.8 Å². The van der Waals surface area contributed by atoms with Gasteiger partial charge >= 0.3 is 11.9 Å². The van der Waals surface area contributed by atoms with Crippen LogP contribution in [-0.2, 0) is 9.59 Å². The molecule has 1 saturated heterocycles. The monoisotopic (exact) mass is 430 g/mol. The van der Waals surface area contributed by atoms with E-state index < -0.39 is 24.4 Å². The molecule has 1 aromatic carbocycles. The van der Waals surface area contributed by atoms with E-state index in [1.54, 1.807) is 24.3 Å². The van der Waals surface area contributed by atoms with E-state index in [-0.39, 0.29) is 9.88 Å². The van der Waals surface area contributed by atoms with Crippen molar-refractivity contribution in [1.29, 1.82) is 0 Å². The summed E-state index contributed by atoms with van der Waals surface area (Å²) in [6.45, 7) is 5.21. The lowest BCUT2D eigenvalue weighted by atomic mass is 10.1. The third kappa shape index (κ3) is 3.96. The van der Waals surface area contributed by atoms with E-state index >= 15 is 0 Å². The summed E-state index contributed by atoms with van der Waals surface area (Å²) >= 11 is 6.21. The van der Waals surface area contributed by atoms with Gasteiger partial charge < -0.3 is 14.8 Å². The van der Waals surface area contributed by atoms with Crippen molar-refractivity contribution in [3.05, 3.63) is 57.2 Å². The van der Waals surface area contributed by atoms with Crippen LogP contribution in [0.4, 0.5) is 0 Å². The molecule has 0 radical (unpaired) electrons. The summed E-state index contributed by atoms with van der Waals surface area (Å²) in [7, 11) is 0. The predicted octanol–water partition coefficient (Wildman–Crippen LogP) is 3.39. The first-order valence-corrected chi connectivity index (χ1v) is 9.83. The zero-order chi connectivity index (χ0) is 21.5. The number of carboxylic acid groups (broad SMARTS) is 2. The number of aryl methyl sites for hydroxylation is 2. The number of rotatable bonds is 5. The van der Waals surface area contributed by atoms with E-state index in [0.717, 1.165) is 44.9 Å². The third-order valence-corrected chi connectivity index (χ3v) is 5.99. The first-order chi connectivity index (χ1) is 13.6. The topological polar surface area (TPSA) is 99.8 Å². The Labute approximate surface area is 176 Å². The molecule has 1 fully saturated rings. The van der Waals surface area contributed by atoms with Gasteiger partial charge in [-0.3, -0.25) is 14.5 Å². The van der Waals surface area contributed by atoms with Crippen molar-refractivity contribution in [2.45, 2.75) is 20.8 Å². The van der Waals surface area contributed by atoms with E-state index in [1.807, 2.05) is 31.4 Å². The molecule has 1 aromatic heterocycles. The number of aromatic nitrogens is 1. The molecule has 1 amide bonds. The Morgan fingerprint density at radius 1 is 1.17 bits per heavy atom. The van der Waals surface area contributed by atoms with E-state index in [1.165, 1.54) is 0 Å². The van der Waals surface area contributed by atoms with Crippen molar-refractivity contribution in [2.24, 2.45) is 0 Å². The highest BCUT2D eigenvalue weighted by Crippen LogP contribution is 2.34. The number of thioether (sulfide) groups is 1. The van der Waals surface area contributed by atoms with Crippen molar-refractivity contribution in [2.75, 3.05) is 6.54 Å². The van der Waals surface area contributed by atoms with E-state index in [0.29, 0.717) is 4.91 Å². The van der Waals surface area contributed by atoms with Crippen LogP contribution >= 0.6 is 24.0 Å². The molecule has 0 bridgehead atoms. The fourth-order valence-corrected chi connectivity index (χ4v) is 4.50. The van der Waals surface area contributed by atoms with Crippen molar-refractivity contribution in [3.8, 4) is 5.69 Å². The summed E-state index contributed by atoms with van der Waals surface area (Å²) < 4.78 is 2.21. The molecular weight excluding hydrogens is 412 g/mol. The maximum atomic E-state index is 12.5. The van der Waals surface area contributed by atoms with E-state index in [9.17, 15) is 14.4 Å². The molecule has 150 valence electrons. The number of nitrogens with zero attached hydrogens (tertiary/aromatic N) is 2. The largest absolute Gasteiger partial charge is 0.480 e. The average molecular weight is 431 g/mol. The highest BCUT2D eigenvalue weighted by molar-refractivity contribution is 8.26. The van der Waals surface area contributed by atoms with Crippen LogP contribution < -0.4 is 0 Å². The van der Waals surface area contributed by atoms with Crippen molar-refractivity contribution >= 4 is 52.2 Å². The fourth-order valence-electron chi connectivity index (χ4n) is 3.26. The standard InChI is InChI=1S/C20H18N2O5S2/c1-10-6-13(19(26)27)4-5-15(10)22-11(2)7-14(12(22)3)8-16-18(25)21(9-17(23)24)20(28)29-16/h4-8H,9H2,1-3H3,(H,23,24)(H,26,27)/b16-8+. The summed E-state index contributed by atoms with van der Waals surface area (Å²) in [6, 6.07) is 6.85. The number of hydrogen-bond acceptors (Lipinski definition) is 5. The molecule has 1 aliphatic rings. The molecule has 0 saturated carbocycles. The van der Waals surface area contributed by atoms with Gasteiger partial charge in [0.15, 0.2) is 0 Å². The number of aliphatic carboxylic acids is 1. The number of hydrogen-bond donors (Lipinski definition) is 2. The molecule has 7 nitrogen and oxygen atoms in total. The highest BCUT2D eigenvalue weighted by atomic mass is 32.2. The molecule has 9 heteroatoms. The van der Waals surface area contributed by atoms with Crippen molar-refractivity contribution < 1.29 is 24.6 Å². The minimum atomic E-state index is -1.12. The molecular formula is C20H18N2O5S2. The minimum absolute atomic E-state index is 0.219. The predicted molar refractivity (Wildman–Crippen MR) is 114 cm³/mol. The van der Waals surface area contributed by atoms with Crippen LogP contribution in [-0.4, -0.2) is 48.4 Å². The zero-order valence-corrected chi connectivity index (χ0v) is 17.6. The number of benzene rings is 1. The summed E-state index contributed by atoms with van der Waals surface area (Å²) in [5, 5.41) is 18.1. The molecule has 0 unspecified atom stereocenters. The van der Waals surface area contributed by atoms with Gasteiger partial charge in [-0.2, -0.15) is 0 Å². The number of aromatic carboxylic acids is 1. The van der Waals surface area contributed by atoms with Gasteiger partial charge in [-0.15, -0.1) is 0 Å². The summed E-state index contributed by atoms with van der Waals surface area (Å²) in [4.78, 5) is 36.1. The molecule has 0 spiro atoms. The zero-order valence-electron chi connectivity index (χ0n) is 15.9. The van der Waals surface area contributed by atoms with Gasteiger partial charge in [-0.05, 0) is 62.2 Å². The lowest BCUT2D eigenvalue weighted by Gasteiger charge is -2.13. The normalized spacial score (nSPS) is 15.4. The van der Waals surface area contributed by atoms with Crippen LogP contribution in [0.5, 0.6) is 0 Å². The molecule has 2 heterocycles. The summed E-state index contributed by atoms with van der Waals surface area (Å²) in [5.41, 5.74) is 4.48. The van der Waals surface area contributed by atoms with Crippen LogP contribution in [0.3, 0.4) is 0 Å². The molecule has 2 N–H and O–H groups in total. The molecule has 1 aliphatic heterocycles. The van der Waals surface area contributed by atoms with E-state index in [2.05, 4.69) is 0 Å². The quantitative estimate of drug-likeness (QED) is 0.554. The number of thiocarbonyl (C=S) groups is 1. The van der Waals surface area contributed by atoms with Gasteiger partial charge in [0, 0.05) is 17.1 Å². The second-order valence-electron chi connectivity index (χ2n) is 6.63. The lowest BCUT2D eigenvalue weighted by molar-refractivity contribution is -0.140. The molecule has 29 heavy (non-hydrogen) atoms. The summed E-state index contributed by atoms with van der Waals surface area (Å²) in [5.74, 6) is -2.53. The van der Waals surface area contributed by atoms with Gasteiger partial charge in [0.1, 0.15) is 10.9 Å². The maximum absolute atomic E-state index is 12.5. The van der Waals surface area contributed by atoms with Gasteiger partial charge in [0.25, 0.3) is 5.91 Å². The minimum Gasteiger partial charge on any atom is -0.480 e. The van der Waals surface area contributed by atoms with Crippen molar-refractivity contribution in [3.63, 3.8) is 0 Å². The van der Waals surface area contributed by atoms with Crippen LogP contribution in [0.15, 0.2) is 29.2 Å². The second kappa shape index (κ2) is 7.84. The first-order valence-electron chi connectivity index (χ1n) is 8.60.